The van der Waals surface area contributed by atoms with E-state index in [0.29, 0.717) is 6.61 Å². The van der Waals surface area contributed by atoms with Crippen LogP contribution in [0.15, 0.2) is 48.5 Å². The standard InChI is InChI=1S/C21H25ClN2O2/c22-18-6-7-20-19(16-18)21(17-4-2-1-3-5-17)24(12-15-26-20)9-8-23-10-13-25-14-11-23/h1-7,16,21H,8-15H2. The molecule has 0 bridgehead atoms. The Hall–Kier alpha value is -1.59. The molecule has 1 saturated heterocycles. The van der Waals surface area contributed by atoms with E-state index >= 15 is 0 Å². The van der Waals surface area contributed by atoms with E-state index in [-0.39, 0.29) is 6.04 Å². The molecule has 26 heavy (non-hydrogen) atoms. The summed E-state index contributed by atoms with van der Waals surface area (Å²) in [5.41, 5.74) is 2.44. The molecular weight excluding hydrogens is 348 g/mol. The number of rotatable bonds is 4. The Kier molecular flexibility index (Phi) is 5.75. The van der Waals surface area contributed by atoms with Crippen molar-refractivity contribution in [3.8, 4) is 5.75 Å². The Morgan fingerprint density at radius 1 is 0.923 bits per heavy atom. The normalized spacial score (nSPS) is 21.7. The molecule has 138 valence electrons. The molecular formula is C21H25ClN2O2. The lowest BCUT2D eigenvalue weighted by atomic mass is 9.96. The number of benzene rings is 2. The summed E-state index contributed by atoms with van der Waals surface area (Å²) in [5, 5.41) is 0.753. The zero-order chi connectivity index (χ0) is 17.8. The molecule has 1 atom stereocenters. The van der Waals surface area contributed by atoms with Crippen molar-refractivity contribution < 1.29 is 9.47 Å². The second kappa shape index (κ2) is 8.40. The van der Waals surface area contributed by atoms with Crippen LogP contribution in [0.2, 0.25) is 5.02 Å². The van der Waals surface area contributed by atoms with Crippen LogP contribution in [0.1, 0.15) is 17.2 Å². The molecule has 0 radical (unpaired) electrons. The first kappa shape index (κ1) is 17.8. The minimum atomic E-state index is 0.161. The maximum Gasteiger partial charge on any atom is 0.124 e. The molecule has 2 aromatic rings. The third-order valence-electron chi connectivity index (χ3n) is 5.19. The molecule has 2 aliphatic heterocycles. The van der Waals surface area contributed by atoms with Crippen LogP contribution in [0.25, 0.3) is 0 Å². The van der Waals surface area contributed by atoms with Gasteiger partial charge in [0.05, 0.1) is 19.3 Å². The van der Waals surface area contributed by atoms with Crippen LogP contribution in [-0.4, -0.2) is 62.3 Å². The van der Waals surface area contributed by atoms with Gasteiger partial charge in [-0.1, -0.05) is 41.9 Å². The number of halogens is 1. The first-order valence-corrected chi connectivity index (χ1v) is 9.70. The minimum Gasteiger partial charge on any atom is -0.492 e. The van der Waals surface area contributed by atoms with Crippen LogP contribution in [-0.2, 0) is 4.74 Å². The van der Waals surface area contributed by atoms with Gasteiger partial charge in [0.25, 0.3) is 0 Å². The van der Waals surface area contributed by atoms with E-state index < -0.39 is 0 Å². The fraction of sp³-hybridized carbons (Fsp3) is 0.429. The summed E-state index contributed by atoms with van der Waals surface area (Å²) in [6.45, 7) is 7.34. The molecule has 0 aromatic heterocycles. The van der Waals surface area contributed by atoms with Gasteiger partial charge in [0.2, 0.25) is 0 Å². The van der Waals surface area contributed by atoms with Gasteiger partial charge in [-0.05, 0) is 23.8 Å². The van der Waals surface area contributed by atoms with Gasteiger partial charge in [0.15, 0.2) is 0 Å². The van der Waals surface area contributed by atoms with E-state index in [9.17, 15) is 0 Å². The lowest BCUT2D eigenvalue weighted by molar-refractivity contribution is 0.0315. The van der Waals surface area contributed by atoms with E-state index in [2.05, 4.69) is 46.2 Å². The molecule has 0 spiro atoms. The van der Waals surface area contributed by atoms with Crippen LogP contribution >= 0.6 is 11.6 Å². The van der Waals surface area contributed by atoms with Crippen LogP contribution in [0, 0.1) is 0 Å². The Morgan fingerprint density at radius 3 is 2.54 bits per heavy atom. The highest BCUT2D eigenvalue weighted by Gasteiger charge is 2.28. The van der Waals surface area contributed by atoms with Crippen molar-refractivity contribution in [3.05, 3.63) is 64.7 Å². The predicted molar refractivity (Wildman–Crippen MR) is 104 cm³/mol. The van der Waals surface area contributed by atoms with Gasteiger partial charge < -0.3 is 9.47 Å². The lowest BCUT2D eigenvalue weighted by Crippen LogP contribution is -2.43. The van der Waals surface area contributed by atoms with Gasteiger partial charge in [-0.3, -0.25) is 9.80 Å². The van der Waals surface area contributed by atoms with Crippen molar-refractivity contribution in [2.45, 2.75) is 6.04 Å². The van der Waals surface area contributed by atoms with Gasteiger partial charge in [-0.15, -0.1) is 0 Å². The van der Waals surface area contributed by atoms with Gasteiger partial charge in [-0.2, -0.15) is 0 Å². The van der Waals surface area contributed by atoms with E-state index in [1.54, 1.807) is 0 Å². The SMILES string of the molecule is Clc1ccc2c(c1)C(c1ccccc1)N(CCN1CCOCC1)CCO2. The van der Waals surface area contributed by atoms with Crippen LogP contribution < -0.4 is 4.74 Å². The van der Waals surface area contributed by atoms with Crippen molar-refractivity contribution in [1.29, 1.82) is 0 Å². The molecule has 0 saturated carbocycles. The number of ether oxygens (including phenoxy) is 2. The van der Waals surface area contributed by atoms with Crippen LogP contribution in [0.3, 0.4) is 0 Å². The van der Waals surface area contributed by atoms with Crippen molar-refractivity contribution in [1.82, 2.24) is 9.80 Å². The number of hydrogen-bond acceptors (Lipinski definition) is 4. The average molecular weight is 373 g/mol. The molecule has 1 unspecified atom stereocenters. The topological polar surface area (TPSA) is 24.9 Å². The smallest absolute Gasteiger partial charge is 0.124 e. The molecule has 4 rings (SSSR count). The predicted octanol–water partition coefficient (Wildman–Crippen LogP) is 3.46. The van der Waals surface area contributed by atoms with Crippen LogP contribution in [0.4, 0.5) is 0 Å². The Morgan fingerprint density at radius 2 is 1.73 bits per heavy atom. The summed E-state index contributed by atoms with van der Waals surface area (Å²) in [7, 11) is 0. The van der Waals surface area contributed by atoms with Crippen molar-refractivity contribution in [2.24, 2.45) is 0 Å². The third-order valence-corrected chi connectivity index (χ3v) is 5.43. The highest BCUT2D eigenvalue weighted by Crippen LogP contribution is 2.38. The Balaban J connectivity index is 1.62. The first-order valence-electron chi connectivity index (χ1n) is 9.32. The first-order chi connectivity index (χ1) is 12.8. The Labute approximate surface area is 160 Å². The van der Waals surface area contributed by atoms with Gasteiger partial charge in [0, 0.05) is 43.3 Å². The quantitative estimate of drug-likeness (QED) is 0.820. The maximum atomic E-state index is 6.33. The third kappa shape index (κ3) is 4.04. The summed E-state index contributed by atoms with van der Waals surface area (Å²) in [6, 6.07) is 16.8. The second-order valence-corrected chi connectivity index (χ2v) is 7.27. The zero-order valence-corrected chi connectivity index (χ0v) is 15.7. The van der Waals surface area contributed by atoms with E-state index in [0.717, 1.165) is 62.3 Å². The summed E-state index contributed by atoms with van der Waals surface area (Å²) in [5.74, 6) is 0.942. The monoisotopic (exact) mass is 372 g/mol. The number of morpholine rings is 1. The van der Waals surface area contributed by atoms with Gasteiger partial charge in [0.1, 0.15) is 12.4 Å². The second-order valence-electron chi connectivity index (χ2n) is 6.83. The van der Waals surface area contributed by atoms with Crippen LogP contribution in [0.5, 0.6) is 5.75 Å². The maximum absolute atomic E-state index is 6.33. The summed E-state index contributed by atoms with van der Waals surface area (Å²) >= 11 is 6.33. The highest BCUT2D eigenvalue weighted by atomic mass is 35.5. The van der Waals surface area contributed by atoms with E-state index in [4.69, 9.17) is 21.1 Å². The van der Waals surface area contributed by atoms with Gasteiger partial charge in [-0.25, -0.2) is 0 Å². The van der Waals surface area contributed by atoms with Crippen molar-refractivity contribution in [2.75, 3.05) is 52.5 Å². The number of nitrogens with zero attached hydrogens (tertiary/aromatic N) is 2. The number of fused-ring (bicyclic) bond motifs is 1. The summed E-state index contributed by atoms with van der Waals surface area (Å²) in [6.07, 6.45) is 0. The zero-order valence-electron chi connectivity index (χ0n) is 14.9. The highest BCUT2D eigenvalue weighted by molar-refractivity contribution is 6.30. The van der Waals surface area contributed by atoms with Crippen molar-refractivity contribution >= 4 is 11.6 Å². The minimum absolute atomic E-state index is 0.161. The molecule has 2 aromatic carbocycles. The Bertz CT molecular complexity index is 719. The molecule has 0 amide bonds. The largest absolute Gasteiger partial charge is 0.492 e. The van der Waals surface area contributed by atoms with Crippen molar-refractivity contribution in [3.63, 3.8) is 0 Å². The fourth-order valence-corrected chi connectivity index (χ4v) is 4.00. The summed E-state index contributed by atoms with van der Waals surface area (Å²) < 4.78 is 11.5. The molecule has 5 heteroatoms. The molecule has 2 aliphatic rings. The van der Waals surface area contributed by atoms with E-state index in [1.165, 1.54) is 5.56 Å². The fourth-order valence-electron chi connectivity index (χ4n) is 3.82. The summed E-state index contributed by atoms with van der Waals surface area (Å²) in [4.78, 5) is 5.00. The average Bonchev–Trinajstić information content (AvgIpc) is 2.86. The van der Waals surface area contributed by atoms with Gasteiger partial charge >= 0.3 is 0 Å². The lowest BCUT2D eigenvalue weighted by Gasteiger charge is -2.34. The molecule has 0 N–H and O–H groups in total. The van der Waals surface area contributed by atoms with E-state index in [1.807, 2.05) is 12.1 Å². The molecule has 1 fully saturated rings. The molecule has 0 aliphatic carbocycles. The number of hydrogen-bond donors (Lipinski definition) is 0. The molecule has 4 nitrogen and oxygen atoms in total. The molecule has 2 heterocycles.